The molecule has 0 aliphatic rings. The van der Waals surface area contributed by atoms with E-state index in [1.54, 1.807) is 0 Å². The predicted octanol–water partition coefficient (Wildman–Crippen LogP) is -1.53. The van der Waals surface area contributed by atoms with Crippen LogP contribution < -0.4 is 16.4 Å². The molecular formula is C16H25N3O9. The zero-order valence-corrected chi connectivity index (χ0v) is 15.3. The lowest BCUT2D eigenvalue weighted by atomic mass is 10.0. The molecule has 12 heteroatoms. The van der Waals surface area contributed by atoms with Gasteiger partial charge in [0.25, 0.3) is 0 Å². The summed E-state index contributed by atoms with van der Waals surface area (Å²) in [5.74, 6) is -5.78. The summed E-state index contributed by atoms with van der Waals surface area (Å²) in [6, 6.07) is -3.69. The number of nitrogens with two attached hydrogens (primary N) is 1. The van der Waals surface area contributed by atoms with E-state index in [1.807, 2.05) is 0 Å². The number of aliphatic carboxylic acids is 3. The molecule has 0 aromatic carbocycles. The van der Waals surface area contributed by atoms with Crippen molar-refractivity contribution >= 4 is 35.5 Å². The third kappa shape index (κ3) is 10.9. The molecule has 0 aromatic heterocycles. The number of ketones is 1. The number of hydrogen-bond acceptors (Lipinski definition) is 7. The molecule has 0 rings (SSSR count). The molecule has 0 unspecified atom stereocenters. The minimum atomic E-state index is -1.34. The van der Waals surface area contributed by atoms with Crippen LogP contribution in [0.2, 0.25) is 0 Å². The number of rotatable bonds is 14. The number of Topliss-reactive ketones (excluding diaryl/α,β-unsaturated/α-hetero) is 1. The normalized spacial score (nSPS) is 13.6. The van der Waals surface area contributed by atoms with Crippen LogP contribution >= 0.6 is 0 Å². The monoisotopic (exact) mass is 403 g/mol. The van der Waals surface area contributed by atoms with Crippen LogP contribution in [0.25, 0.3) is 0 Å². The summed E-state index contributed by atoms with van der Waals surface area (Å²) in [6.45, 7) is 1.15. The number of nitrogens with one attached hydrogen (secondary N) is 2. The van der Waals surface area contributed by atoms with Crippen molar-refractivity contribution < 1.29 is 44.1 Å². The van der Waals surface area contributed by atoms with E-state index < -0.39 is 60.1 Å². The van der Waals surface area contributed by atoms with Crippen molar-refractivity contribution in [2.24, 2.45) is 5.73 Å². The highest BCUT2D eigenvalue weighted by Gasteiger charge is 2.27. The lowest BCUT2D eigenvalue weighted by Gasteiger charge is -2.23. The third-order valence-corrected chi connectivity index (χ3v) is 3.74. The Hall–Kier alpha value is -3.02. The summed E-state index contributed by atoms with van der Waals surface area (Å²) >= 11 is 0. The Labute approximate surface area is 160 Å². The van der Waals surface area contributed by atoms with Crippen molar-refractivity contribution in [2.45, 2.75) is 63.6 Å². The second-order valence-corrected chi connectivity index (χ2v) is 6.14. The summed E-state index contributed by atoms with van der Waals surface area (Å²) < 4.78 is 0. The van der Waals surface area contributed by atoms with Gasteiger partial charge in [-0.3, -0.25) is 28.8 Å². The van der Waals surface area contributed by atoms with E-state index >= 15 is 0 Å². The first kappa shape index (κ1) is 25.0. The molecule has 0 heterocycles. The summed E-state index contributed by atoms with van der Waals surface area (Å²) in [7, 11) is 0. The number of hydrogen-bond donors (Lipinski definition) is 6. The second kappa shape index (κ2) is 12.4. The van der Waals surface area contributed by atoms with Crippen LogP contribution in [0.3, 0.4) is 0 Å². The molecule has 0 radical (unpaired) electrons. The Balaban J connectivity index is 5.08. The topological polar surface area (TPSA) is 213 Å². The van der Waals surface area contributed by atoms with Crippen LogP contribution in [0.15, 0.2) is 0 Å². The van der Waals surface area contributed by atoms with Gasteiger partial charge in [-0.2, -0.15) is 0 Å². The average Bonchev–Trinajstić information content (AvgIpc) is 2.58. The van der Waals surface area contributed by atoms with Gasteiger partial charge >= 0.3 is 17.9 Å². The molecule has 3 atom stereocenters. The van der Waals surface area contributed by atoms with Gasteiger partial charge < -0.3 is 31.7 Å². The van der Waals surface area contributed by atoms with E-state index in [9.17, 15) is 28.8 Å². The second-order valence-electron chi connectivity index (χ2n) is 6.14. The van der Waals surface area contributed by atoms with Gasteiger partial charge in [-0.15, -0.1) is 0 Å². The largest absolute Gasteiger partial charge is 0.481 e. The zero-order valence-electron chi connectivity index (χ0n) is 15.3. The highest BCUT2D eigenvalue weighted by Crippen LogP contribution is 2.05. The number of amides is 2. The van der Waals surface area contributed by atoms with E-state index in [4.69, 9.17) is 21.1 Å². The molecule has 0 bridgehead atoms. The predicted molar refractivity (Wildman–Crippen MR) is 93.1 cm³/mol. The van der Waals surface area contributed by atoms with E-state index in [0.717, 1.165) is 6.92 Å². The molecular weight excluding hydrogens is 378 g/mol. The summed E-state index contributed by atoms with van der Waals surface area (Å²) in [4.78, 5) is 68.0. The molecule has 28 heavy (non-hydrogen) atoms. The molecule has 12 nitrogen and oxygen atoms in total. The maximum absolute atomic E-state index is 12.4. The Morgan fingerprint density at radius 2 is 1.11 bits per heavy atom. The zero-order chi connectivity index (χ0) is 21.9. The minimum absolute atomic E-state index is 0.172. The first-order valence-corrected chi connectivity index (χ1v) is 8.46. The minimum Gasteiger partial charge on any atom is -0.481 e. The fourth-order valence-corrected chi connectivity index (χ4v) is 2.14. The van der Waals surface area contributed by atoms with Crippen LogP contribution in [-0.2, 0) is 28.8 Å². The van der Waals surface area contributed by atoms with Crippen LogP contribution in [0, 0.1) is 0 Å². The number of carboxylic acids is 3. The maximum Gasteiger partial charge on any atom is 0.303 e. The summed E-state index contributed by atoms with van der Waals surface area (Å²) in [5.41, 5.74) is 5.56. The van der Waals surface area contributed by atoms with Gasteiger partial charge in [-0.1, -0.05) is 0 Å². The highest BCUT2D eigenvalue weighted by atomic mass is 16.4. The van der Waals surface area contributed by atoms with Crippen LogP contribution in [0.1, 0.15) is 45.4 Å². The lowest BCUT2D eigenvalue weighted by molar-refractivity contribution is -0.139. The van der Waals surface area contributed by atoms with E-state index in [2.05, 4.69) is 10.6 Å². The van der Waals surface area contributed by atoms with Crippen molar-refractivity contribution in [3.05, 3.63) is 0 Å². The van der Waals surface area contributed by atoms with Gasteiger partial charge in [0.2, 0.25) is 11.8 Å². The van der Waals surface area contributed by atoms with Crippen molar-refractivity contribution in [1.29, 1.82) is 0 Å². The molecule has 0 spiro atoms. The Morgan fingerprint density at radius 3 is 1.54 bits per heavy atom. The van der Waals surface area contributed by atoms with Crippen LogP contribution in [0.4, 0.5) is 0 Å². The number of carbonyl (C=O) groups excluding carboxylic acids is 3. The molecule has 0 saturated carbocycles. The molecule has 0 aliphatic carbocycles. The van der Waals surface area contributed by atoms with Gasteiger partial charge in [0.05, 0.1) is 12.1 Å². The van der Waals surface area contributed by atoms with Crippen molar-refractivity contribution in [2.75, 3.05) is 0 Å². The van der Waals surface area contributed by atoms with Gasteiger partial charge in [0, 0.05) is 19.3 Å². The average molecular weight is 403 g/mol. The number of carboxylic acid groups (broad SMARTS) is 3. The Bertz CT molecular complexity index is 620. The molecule has 7 N–H and O–H groups in total. The van der Waals surface area contributed by atoms with Crippen LogP contribution in [-0.4, -0.2) is 69.0 Å². The fourth-order valence-electron chi connectivity index (χ4n) is 2.14. The van der Waals surface area contributed by atoms with Gasteiger partial charge in [0.15, 0.2) is 5.78 Å². The van der Waals surface area contributed by atoms with Crippen molar-refractivity contribution in [3.63, 3.8) is 0 Å². The SMILES string of the molecule is CC(=O)[C@H](CCC(=O)O)NC(=O)[C@H](CCC(=O)O)NC(=O)[C@@H](N)CCC(=O)O. The molecule has 0 saturated heterocycles. The first-order chi connectivity index (χ1) is 12.9. The lowest BCUT2D eigenvalue weighted by Crippen LogP contribution is -2.54. The standard InChI is InChI=1S/C16H25N3O9/c1-8(20)10(3-6-13(23)24)18-16(28)11(4-7-14(25)26)19-15(27)9(17)2-5-12(21)22/h9-11H,2-7,17H2,1H3,(H,18,28)(H,19,27)(H,21,22)(H,23,24)(H,25,26)/t9-,10-,11-/m0/s1. The van der Waals surface area contributed by atoms with Gasteiger partial charge in [-0.25, -0.2) is 0 Å². The van der Waals surface area contributed by atoms with Gasteiger partial charge in [0.1, 0.15) is 6.04 Å². The maximum atomic E-state index is 12.4. The highest BCUT2D eigenvalue weighted by molar-refractivity contribution is 5.93. The molecule has 2 amide bonds. The van der Waals surface area contributed by atoms with E-state index in [0.29, 0.717) is 0 Å². The third-order valence-electron chi connectivity index (χ3n) is 3.74. The molecule has 0 fully saturated rings. The summed E-state index contributed by atoms with van der Waals surface area (Å²) in [5, 5.41) is 30.6. The van der Waals surface area contributed by atoms with Crippen molar-refractivity contribution in [3.8, 4) is 0 Å². The fraction of sp³-hybridized carbons (Fsp3) is 0.625. The molecule has 158 valence electrons. The number of carbonyl (C=O) groups is 6. The van der Waals surface area contributed by atoms with Crippen LogP contribution in [0.5, 0.6) is 0 Å². The smallest absolute Gasteiger partial charge is 0.303 e. The molecule has 0 aliphatic heterocycles. The first-order valence-electron chi connectivity index (χ1n) is 8.46. The van der Waals surface area contributed by atoms with Crippen molar-refractivity contribution in [1.82, 2.24) is 10.6 Å². The Kier molecular flexibility index (Phi) is 11.0. The van der Waals surface area contributed by atoms with E-state index in [1.165, 1.54) is 0 Å². The Morgan fingerprint density at radius 1 is 0.714 bits per heavy atom. The van der Waals surface area contributed by atoms with Gasteiger partial charge in [-0.05, 0) is 26.2 Å². The quantitative estimate of drug-likeness (QED) is 0.197. The summed E-state index contributed by atoms with van der Waals surface area (Å²) in [6.07, 6.45) is -1.89. The molecule has 0 aromatic rings. The van der Waals surface area contributed by atoms with E-state index in [-0.39, 0.29) is 32.1 Å².